The SMILES string of the molecule is CC(C)(C)OC(=O)N[C@H](C(=O)O)[C@H]1COC2OCCC21. The van der Waals surface area contributed by atoms with Crippen molar-refractivity contribution < 1.29 is 28.9 Å². The molecular formula is C13H21NO6. The lowest BCUT2D eigenvalue weighted by atomic mass is 9.87. The normalized spacial score (nSPS) is 30.6. The molecule has 114 valence electrons. The molecule has 0 saturated carbocycles. The molecule has 2 rings (SSSR count). The highest BCUT2D eigenvalue weighted by atomic mass is 16.7. The summed E-state index contributed by atoms with van der Waals surface area (Å²) < 4.78 is 15.9. The van der Waals surface area contributed by atoms with E-state index in [0.717, 1.165) is 6.42 Å². The lowest BCUT2D eigenvalue weighted by Gasteiger charge is -2.26. The molecule has 20 heavy (non-hydrogen) atoms. The second kappa shape index (κ2) is 5.57. The van der Waals surface area contributed by atoms with Gasteiger partial charge in [-0.1, -0.05) is 0 Å². The van der Waals surface area contributed by atoms with Gasteiger partial charge in [-0.05, 0) is 27.2 Å². The monoisotopic (exact) mass is 287 g/mol. The molecule has 0 aliphatic carbocycles. The van der Waals surface area contributed by atoms with Crippen LogP contribution in [0.4, 0.5) is 4.79 Å². The van der Waals surface area contributed by atoms with Crippen LogP contribution in [0.5, 0.6) is 0 Å². The Morgan fingerprint density at radius 2 is 2.05 bits per heavy atom. The lowest BCUT2D eigenvalue weighted by molar-refractivity contribution is -0.141. The number of carboxylic acid groups (broad SMARTS) is 1. The van der Waals surface area contributed by atoms with Gasteiger partial charge in [0.05, 0.1) is 13.2 Å². The second-order valence-electron chi connectivity index (χ2n) is 6.15. The maximum Gasteiger partial charge on any atom is 0.408 e. The van der Waals surface area contributed by atoms with E-state index in [0.29, 0.717) is 6.61 Å². The number of nitrogens with one attached hydrogen (secondary N) is 1. The molecule has 0 aromatic heterocycles. The van der Waals surface area contributed by atoms with E-state index in [-0.39, 0.29) is 24.7 Å². The zero-order valence-electron chi connectivity index (χ0n) is 11.9. The number of amides is 1. The van der Waals surface area contributed by atoms with Crippen molar-refractivity contribution in [2.45, 2.75) is 45.1 Å². The highest BCUT2D eigenvalue weighted by Gasteiger charge is 2.47. The molecule has 2 fully saturated rings. The number of hydrogen-bond donors (Lipinski definition) is 2. The van der Waals surface area contributed by atoms with Crippen LogP contribution < -0.4 is 5.32 Å². The fraction of sp³-hybridized carbons (Fsp3) is 0.846. The molecular weight excluding hydrogens is 266 g/mol. The molecule has 2 saturated heterocycles. The number of ether oxygens (including phenoxy) is 3. The Labute approximate surface area is 117 Å². The maximum absolute atomic E-state index is 11.8. The van der Waals surface area contributed by atoms with E-state index in [1.165, 1.54) is 0 Å². The van der Waals surface area contributed by atoms with Crippen LogP contribution in [-0.2, 0) is 19.0 Å². The summed E-state index contributed by atoms with van der Waals surface area (Å²) >= 11 is 0. The van der Waals surface area contributed by atoms with Crippen molar-refractivity contribution in [3.63, 3.8) is 0 Å². The molecule has 7 heteroatoms. The molecule has 0 aromatic carbocycles. The second-order valence-corrected chi connectivity index (χ2v) is 6.15. The smallest absolute Gasteiger partial charge is 0.408 e. The van der Waals surface area contributed by atoms with Crippen molar-refractivity contribution in [1.29, 1.82) is 0 Å². The minimum Gasteiger partial charge on any atom is -0.480 e. The summed E-state index contributed by atoms with van der Waals surface area (Å²) in [4.78, 5) is 23.2. The maximum atomic E-state index is 11.8. The molecule has 1 amide bonds. The number of hydrogen-bond acceptors (Lipinski definition) is 5. The predicted molar refractivity (Wildman–Crippen MR) is 68.1 cm³/mol. The number of carboxylic acids is 1. The zero-order valence-corrected chi connectivity index (χ0v) is 11.9. The first-order chi connectivity index (χ1) is 9.28. The average Bonchev–Trinajstić information content (AvgIpc) is 2.84. The molecule has 0 bridgehead atoms. The van der Waals surface area contributed by atoms with Gasteiger partial charge in [-0.15, -0.1) is 0 Å². The molecule has 7 nitrogen and oxygen atoms in total. The first kappa shape index (κ1) is 15.1. The highest BCUT2D eigenvalue weighted by molar-refractivity contribution is 5.80. The average molecular weight is 287 g/mol. The summed E-state index contributed by atoms with van der Waals surface area (Å²) in [6, 6.07) is -1.03. The fourth-order valence-electron chi connectivity index (χ4n) is 2.63. The van der Waals surface area contributed by atoms with E-state index in [9.17, 15) is 14.7 Å². The lowest BCUT2D eigenvalue weighted by Crippen LogP contribution is -2.49. The molecule has 2 aliphatic rings. The van der Waals surface area contributed by atoms with Crippen LogP contribution in [0.25, 0.3) is 0 Å². The van der Waals surface area contributed by atoms with Gasteiger partial charge >= 0.3 is 12.1 Å². The van der Waals surface area contributed by atoms with E-state index in [1.807, 2.05) is 0 Å². The van der Waals surface area contributed by atoms with Crippen molar-refractivity contribution >= 4 is 12.1 Å². The highest BCUT2D eigenvalue weighted by Crippen LogP contribution is 2.37. The Morgan fingerprint density at radius 1 is 1.35 bits per heavy atom. The van der Waals surface area contributed by atoms with Crippen LogP contribution in [0.3, 0.4) is 0 Å². The van der Waals surface area contributed by atoms with Crippen LogP contribution in [0.2, 0.25) is 0 Å². The summed E-state index contributed by atoms with van der Waals surface area (Å²) in [6.45, 7) is 6.00. The minimum absolute atomic E-state index is 0.00559. The predicted octanol–water partition coefficient (Wildman–Crippen LogP) is 0.973. The molecule has 4 atom stereocenters. The Bertz CT molecular complexity index is 391. The van der Waals surface area contributed by atoms with Crippen LogP contribution in [0.15, 0.2) is 0 Å². The van der Waals surface area contributed by atoms with Gasteiger partial charge in [0.15, 0.2) is 6.29 Å². The van der Waals surface area contributed by atoms with Gasteiger partial charge < -0.3 is 24.6 Å². The number of aliphatic carboxylic acids is 1. The summed E-state index contributed by atoms with van der Waals surface area (Å²) in [5.74, 6) is -1.38. The van der Waals surface area contributed by atoms with E-state index in [4.69, 9.17) is 14.2 Å². The van der Waals surface area contributed by atoms with E-state index >= 15 is 0 Å². The van der Waals surface area contributed by atoms with Gasteiger partial charge in [-0.25, -0.2) is 9.59 Å². The summed E-state index contributed by atoms with van der Waals surface area (Å²) in [5.41, 5.74) is -0.668. The number of fused-ring (bicyclic) bond motifs is 1. The third-order valence-electron chi connectivity index (χ3n) is 3.45. The van der Waals surface area contributed by atoms with Crippen LogP contribution >= 0.6 is 0 Å². The molecule has 2 aliphatic heterocycles. The van der Waals surface area contributed by atoms with Gasteiger partial charge in [0.1, 0.15) is 11.6 Å². The Kier molecular flexibility index (Phi) is 4.19. The van der Waals surface area contributed by atoms with Gasteiger partial charge in [-0.3, -0.25) is 0 Å². The third kappa shape index (κ3) is 3.40. The number of carbonyl (C=O) groups excluding carboxylic acids is 1. The number of alkyl carbamates (subject to hydrolysis) is 1. The first-order valence-electron chi connectivity index (χ1n) is 6.73. The molecule has 0 spiro atoms. The van der Waals surface area contributed by atoms with Crippen molar-refractivity contribution in [3.05, 3.63) is 0 Å². The molecule has 2 unspecified atom stereocenters. The topological polar surface area (TPSA) is 94.1 Å². The van der Waals surface area contributed by atoms with Gasteiger partial charge in [0.2, 0.25) is 0 Å². The van der Waals surface area contributed by atoms with Crippen LogP contribution in [-0.4, -0.2) is 48.3 Å². The van der Waals surface area contributed by atoms with E-state index in [1.54, 1.807) is 20.8 Å². The molecule has 0 radical (unpaired) electrons. The van der Waals surface area contributed by atoms with Crippen molar-refractivity contribution in [2.24, 2.45) is 11.8 Å². The van der Waals surface area contributed by atoms with Gasteiger partial charge in [0.25, 0.3) is 0 Å². The Morgan fingerprint density at radius 3 is 2.65 bits per heavy atom. The summed E-state index contributed by atoms with van der Waals surface area (Å²) in [6.07, 6.45) is -0.329. The van der Waals surface area contributed by atoms with E-state index < -0.39 is 23.7 Å². The van der Waals surface area contributed by atoms with Gasteiger partial charge in [0, 0.05) is 11.8 Å². The standard InChI is InChI=1S/C13H21NO6/c1-13(2,3)20-12(17)14-9(10(15)16)8-6-19-11-7(8)4-5-18-11/h7-9,11H,4-6H2,1-3H3,(H,14,17)(H,15,16)/t7?,8-,9-,11?/m0/s1. The minimum atomic E-state index is -1.09. The van der Waals surface area contributed by atoms with Crippen molar-refractivity contribution in [3.8, 4) is 0 Å². The molecule has 2 N–H and O–H groups in total. The third-order valence-corrected chi connectivity index (χ3v) is 3.45. The number of rotatable bonds is 3. The molecule has 0 aromatic rings. The Balaban J connectivity index is 2.01. The zero-order chi connectivity index (χ0) is 14.9. The van der Waals surface area contributed by atoms with Gasteiger partial charge in [-0.2, -0.15) is 0 Å². The summed E-state index contributed by atoms with van der Waals surface area (Å²) in [5, 5.41) is 11.8. The fourth-order valence-corrected chi connectivity index (χ4v) is 2.63. The van der Waals surface area contributed by atoms with Crippen molar-refractivity contribution in [2.75, 3.05) is 13.2 Å². The molecule has 2 heterocycles. The number of carbonyl (C=O) groups is 2. The largest absolute Gasteiger partial charge is 0.480 e. The van der Waals surface area contributed by atoms with Crippen LogP contribution in [0, 0.1) is 11.8 Å². The van der Waals surface area contributed by atoms with Crippen molar-refractivity contribution in [1.82, 2.24) is 5.32 Å². The van der Waals surface area contributed by atoms with Crippen LogP contribution in [0.1, 0.15) is 27.2 Å². The first-order valence-corrected chi connectivity index (χ1v) is 6.73. The quantitative estimate of drug-likeness (QED) is 0.803. The Hall–Kier alpha value is -1.34. The summed E-state index contributed by atoms with van der Waals surface area (Å²) in [7, 11) is 0. The van der Waals surface area contributed by atoms with E-state index in [2.05, 4.69) is 5.32 Å².